The number of ether oxygens (including phenoxy) is 1. The number of hydrogen-bond acceptors (Lipinski definition) is 2. The Balaban J connectivity index is 3.54. The molecule has 1 aromatic rings. The second-order valence-corrected chi connectivity index (χ2v) is 2.82. The van der Waals surface area contributed by atoms with Crippen LogP contribution in [0.25, 0.3) is 12.2 Å². The molecule has 0 aromatic heterocycles. The zero-order valence-corrected chi connectivity index (χ0v) is 8.12. The molecular formula is C12H12O2. The maximum Gasteiger partial charge on any atom is 0.154 e. The van der Waals surface area contributed by atoms with Gasteiger partial charge in [-0.05, 0) is 10.4 Å². The molecule has 0 heterocycles. The maximum atomic E-state index is 10.9. The third-order valence-corrected chi connectivity index (χ3v) is 1.97. The van der Waals surface area contributed by atoms with E-state index in [-0.39, 0.29) is 0 Å². The van der Waals surface area contributed by atoms with Crippen LogP contribution in [0.15, 0.2) is 36.6 Å². The second-order valence-electron chi connectivity index (χ2n) is 2.82. The highest BCUT2D eigenvalue weighted by molar-refractivity contribution is 6.04. The van der Waals surface area contributed by atoms with E-state index < -0.39 is 0 Å². The lowest BCUT2D eigenvalue weighted by Gasteiger charge is -2.02. The standard InChI is InChI=1S/C12H12O2/c1-9-6-4-5-7-11(9)12(8-13)10(2)14-3/h4-8H,1-2H2,3H3/b12-11-. The van der Waals surface area contributed by atoms with Crippen molar-refractivity contribution < 1.29 is 9.53 Å². The molecule has 2 heteroatoms. The van der Waals surface area contributed by atoms with Gasteiger partial charge < -0.3 is 4.74 Å². The summed E-state index contributed by atoms with van der Waals surface area (Å²) in [5.41, 5.74) is 0.443. The van der Waals surface area contributed by atoms with Crippen LogP contribution in [0.1, 0.15) is 0 Å². The first-order valence-electron chi connectivity index (χ1n) is 4.17. The molecule has 1 rings (SSSR count). The number of carbonyl (C=O) groups is 1. The molecule has 2 nitrogen and oxygen atoms in total. The van der Waals surface area contributed by atoms with Gasteiger partial charge in [-0.3, -0.25) is 4.79 Å². The number of hydrogen-bond donors (Lipinski definition) is 0. The van der Waals surface area contributed by atoms with Crippen LogP contribution in [0.2, 0.25) is 0 Å². The Bertz CT molecular complexity index is 457. The fourth-order valence-electron chi connectivity index (χ4n) is 1.17. The lowest BCUT2D eigenvalue weighted by atomic mass is 10.1. The highest BCUT2D eigenvalue weighted by Gasteiger charge is 2.02. The van der Waals surface area contributed by atoms with Gasteiger partial charge >= 0.3 is 0 Å². The van der Waals surface area contributed by atoms with Gasteiger partial charge in [-0.25, -0.2) is 0 Å². The average Bonchev–Trinajstić information content (AvgIpc) is 2.21. The van der Waals surface area contributed by atoms with Gasteiger partial charge in [0.2, 0.25) is 0 Å². The quantitative estimate of drug-likeness (QED) is 0.513. The smallest absolute Gasteiger partial charge is 0.154 e. The van der Waals surface area contributed by atoms with E-state index in [4.69, 9.17) is 4.74 Å². The third kappa shape index (κ3) is 1.91. The molecule has 1 aromatic carbocycles. The van der Waals surface area contributed by atoms with Gasteiger partial charge in [0.05, 0.1) is 12.7 Å². The molecule has 14 heavy (non-hydrogen) atoms. The number of carbonyl (C=O) groups excluding carboxylic acids is 1. The van der Waals surface area contributed by atoms with E-state index in [2.05, 4.69) is 13.2 Å². The molecule has 72 valence electrons. The topological polar surface area (TPSA) is 26.3 Å². The zero-order valence-electron chi connectivity index (χ0n) is 8.12. The van der Waals surface area contributed by atoms with Crippen molar-refractivity contribution in [3.63, 3.8) is 0 Å². The Kier molecular flexibility index (Phi) is 3.24. The zero-order chi connectivity index (χ0) is 10.6. The van der Waals surface area contributed by atoms with Gasteiger partial charge in [-0.1, -0.05) is 37.4 Å². The molecule has 0 saturated heterocycles. The van der Waals surface area contributed by atoms with Crippen LogP contribution in [0.3, 0.4) is 0 Å². The Morgan fingerprint density at radius 2 is 2.07 bits per heavy atom. The number of methoxy groups -OCH3 is 1. The first-order valence-corrected chi connectivity index (χ1v) is 4.17. The fraction of sp³-hybridized carbons (Fsp3) is 0.0833. The minimum Gasteiger partial charge on any atom is -0.497 e. The monoisotopic (exact) mass is 188 g/mol. The van der Waals surface area contributed by atoms with Gasteiger partial charge in [0, 0.05) is 0 Å². The minimum atomic E-state index is 0.358. The van der Waals surface area contributed by atoms with E-state index in [1.165, 1.54) is 7.11 Å². The third-order valence-electron chi connectivity index (χ3n) is 1.97. The van der Waals surface area contributed by atoms with Crippen molar-refractivity contribution in [3.05, 3.63) is 47.0 Å². The molecule has 0 aliphatic carbocycles. The van der Waals surface area contributed by atoms with Crippen molar-refractivity contribution in [3.8, 4) is 0 Å². The summed E-state index contributed by atoms with van der Waals surface area (Å²) in [5, 5.41) is 1.54. The Morgan fingerprint density at radius 3 is 2.57 bits per heavy atom. The number of allylic oxidation sites excluding steroid dienone is 1. The van der Waals surface area contributed by atoms with Crippen molar-refractivity contribution in [2.75, 3.05) is 7.11 Å². The number of rotatable bonds is 3. The van der Waals surface area contributed by atoms with Crippen LogP contribution >= 0.6 is 0 Å². The summed E-state index contributed by atoms with van der Waals surface area (Å²) >= 11 is 0. The Morgan fingerprint density at radius 1 is 1.43 bits per heavy atom. The molecule has 0 N–H and O–H groups in total. The first kappa shape index (κ1) is 10.3. The Labute approximate surface area is 82.8 Å². The van der Waals surface area contributed by atoms with Crippen molar-refractivity contribution in [2.24, 2.45) is 0 Å². The van der Waals surface area contributed by atoms with Gasteiger partial charge in [0.25, 0.3) is 0 Å². The van der Waals surface area contributed by atoms with Gasteiger partial charge in [0.15, 0.2) is 6.29 Å². The van der Waals surface area contributed by atoms with Crippen molar-refractivity contribution in [2.45, 2.75) is 0 Å². The summed E-state index contributed by atoms with van der Waals surface area (Å²) in [6.07, 6.45) is 0.732. The molecule has 0 aliphatic heterocycles. The van der Waals surface area contributed by atoms with Crippen LogP contribution in [0.5, 0.6) is 0 Å². The van der Waals surface area contributed by atoms with Crippen LogP contribution in [-0.4, -0.2) is 13.4 Å². The van der Waals surface area contributed by atoms with E-state index in [9.17, 15) is 4.79 Å². The molecule has 0 spiro atoms. The van der Waals surface area contributed by atoms with Crippen LogP contribution < -0.4 is 10.4 Å². The van der Waals surface area contributed by atoms with Crippen molar-refractivity contribution >= 4 is 18.4 Å². The molecular weight excluding hydrogens is 176 g/mol. The summed E-state index contributed by atoms with van der Waals surface area (Å²) in [7, 11) is 1.48. The van der Waals surface area contributed by atoms with Gasteiger partial charge in [-0.2, -0.15) is 0 Å². The maximum absolute atomic E-state index is 10.9. The van der Waals surface area contributed by atoms with Gasteiger partial charge in [-0.15, -0.1) is 0 Å². The second kappa shape index (κ2) is 4.42. The molecule has 0 radical (unpaired) electrons. The van der Waals surface area contributed by atoms with E-state index in [0.717, 1.165) is 16.7 Å². The molecule has 0 amide bonds. The normalized spacial score (nSPS) is 11.8. The summed E-state index contributed by atoms with van der Waals surface area (Å²) in [6, 6.07) is 7.36. The molecule has 0 unspecified atom stereocenters. The summed E-state index contributed by atoms with van der Waals surface area (Å²) in [4.78, 5) is 10.9. The van der Waals surface area contributed by atoms with E-state index >= 15 is 0 Å². The van der Waals surface area contributed by atoms with Gasteiger partial charge in [0.1, 0.15) is 5.76 Å². The summed E-state index contributed by atoms with van der Waals surface area (Å²) in [5.74, 6) is 0.358. The highest BCUT2D eigenvalue weighted by atomic mass is 16.5. The SMILES string of the molecule is C=C(OC)/C(C=O)=c1/ccccc1=C. The lowest BCUT2D eigenvalue weighted by molar-refractivity contribution is -0.103. The summed E-state index contributed by atoms with van der Waals surface area (Å²) < 4.78 is 4.92. The van der Waals surface area contributed by atoms with Crippen LogP contribution in [0, 0.1) is 0 Å². The van der Waals surface area contributed by atoms with Crippen molar-refractivity contribution in [1.29, 1.82) is 0 Å². The molecule has 0 fully saturated rings. The Hall–Kier alpha value is -1.83. The molecule has 0 saturated carbocycles. The summed E-state index contributed by atoms with van der Waals surface area (Å²) in [6.45, 7) is 7.47. The molecule has 0 aliphatic rings. The van der Waals surface area contributed by atoms with E-state index in [0.29, 0.717) is 11.3 Å². The highest BCUT2D eigenvalue weighted by Crippen LogP contribution is 2.02. The average molecular weight is 188 g/mol. The predicted molar refractivity (Wildman–Crippen MR) is 56.8 cm³/mol. The first-order chi connectivity index (χ1) is 6.70. The number of benzene rings is 1. The largest absolute Gasteiger partial charge is 0.497 e. The van der Waals surface area contributed by atoms with Crippen molar-refractivity contribution in [1.82, 2.24) is 0 Å². The van der Waals surface area contributed by atoms with Crippen LogP contribution in [-0.2, 0) is 9.53 Å². The minimum absolute atomic E-state index is 0.358. The number of aldehydes is 1. The lowest BCUT2D eigenvalue weighted by Crippen LogP contribution is -2.26. The molecule has 0 atom stereocenters. The predicted octanol–water partition coefficient (Wildman–Crippen LogP) is 0.607. The fourth-order valence-corrected chi connectivity index (χ4v) is 1.17. The van der Waals surface area contributed by atoms with Crippen LogP contribution in [0.4, 0.5) is 0 Å². The van der Waals surface area contributed by atoms with E-state index in [1.54, 1.807) is 0 Å². The molecule has 0 bridgehead atoms. The van der Waals surface area contributed by atoms with E-state index in [1.807, 2.05) is 24.3 Å².